The Bertz CT molecular complexity index is 495. The van der Waals surface area contributed by atoms with Crippen molar-refractivity contribution in [3.8, 4) is 5.75 Å². The molecule has 1 spiro atoms. The summed E-state index contributed by atoms with van der Waals surface area (Å²) in [6.45, 7) is 4.99. The van der Waals surface area contributed by atoms with Crippen molar-refractivity contribution in [2.75, 3.05) is 6.61 Å². The first kappa shape index (κ1) is 12.7. The summed E-state index contributed by atoms with van der Waals surface area (Å²) in [5, 5.41) is 0. The zero-order chi connectivity index (χ0) is 13.5. The Morgan fingerprint density at radius 3 is 2.89 bits per heavy atom. The average molecular weight is 260 g/mol. The monoisotopic (exact) mass is 260 g/mol. The molecule has 19 heavy (non-hydrogen) atoms. The lowest BCUT2D eigenvalue weighted by Gasteiger charge is -2.44. The van der Waals surface area contributed by atoms with Crippen LogP contribution in [-0.4, -0.2) is 24.1 Å². The highest BCUT2D eigenvalue weighted by molar-refractivity contribution is 6.00. The minimum atomic E-state index is -0.349. The van der Waals surface area contributed by atoms with Gasteiger partial charge in [-0.25, -0.2) is 0 Å². The predicted octanol–water partition coefficient (Wildman–Crippen LogP) is 3.23. The molecule has 3 nitrogen and oxygen atoms in total. The molecule has 0 N–H and O–H groups in total. The number of hydrogen-bond acceptors (Lipinski definition) is 3. The van der Waals surface area contributed by atoms with E-state index in [0.717, 1.165) is 24.2 Å². The van der Waals surface area contributed by atoms with Crippen LogP contribution in [0.3, 0.4) is 0 Å². The smallest absolute Gasteiger partial charge is 0.170 e. The second kappa shape index (κ2) is 4.64. The van der Waals surface area contributed by atoms with Crippen molar-refractivity contribution >= 4 is 5.78 Å². The number of para-hydroxylation sites is 1. The first-order valence-electron chi connectivity index (χ1n) is 7.02. The lowest BCUT2D eigenvalue weighted by molar-refractivity contribution is -0.106. The molecular weight excluding hydrogens is 240 g/mol. The van der Waals surface area contributed by atoms with Gasteiger partial charge in [-0.3, -0.25) is 4.79 Å². The molecule has 0 saturated carbocycles. The Balaban J connectivity index is 1.89. The largest absolute Gasteiger partial charge is 0.486 e. The van der Waals surface area contributed by atoms with Crippen LogP contribution in [-0.2, 0) is 4.74 Å². The second-order valence-corrected chi connectivity index (χ2v) is 5.99. The van der Waals surface area contributed by atoms with E-state index in [1.165, 1.54) is 0 Å². The minimum Gasteiger partial charge on any atom is -0.486 e. The van der Waals surface area contributed by atoms with Crippen LogP contribution < -0.4 is 4.74 Å². The van der Waals surface area contributed by atoms with E-state index < -0.39 is 0 Å². The number of carbonyl (C=O) groups is 1. The standard InChI is InChI=1S/C16H20O3/c1-11(2)15-10-16(7-8-18-15)9-13(17)12-5-3-4-6-14(12)19-16/h3-6,11,15H,7-10H2,1-2H3. The Labute approximate surface area is 113 Å². The van der Waals surface area contributed by atoms with Crippen LogP contribution >= 0.6 is 0 Å². The first-order valence-corrected chi connectivity index (χ1v) is 7.02. The Kier molecular flexibility index (Phi) is 3.09. The van der Waals surface area contributed by atoms with Gasteiger partial charge < -0.3 is 9.47 Å². The first-order chi connectivity index (χ1) is 9.10. The molecule has 102 valence electrons. The van der Waals surface area contributed by atoms with E-state index in [2.05, 4.69) is 13.8 Å². The zero-order valence-corrected chi connectivity index (χ0v) is 11.5. The van der Waals surface area contributed by atoms with Gasteiger partial charge in [-0.05, 0) is 18.1 Å². The van der Waals surface area contributed by atoms with E-state index in [-0.39, 0.29) is 17.5 Å². The number of carbonyl (C=O) groups excluding carboxylic acids is 1. The number of hydrogen-bond donors (Lipinski definition) is 0. The number of ether oxygens (including phenoxy) is 2. The maximum Gasteiger partial charge on any atom is 0.170 e. The highest BCUT2D eigenvalue weighted by Gasteiger charge is 2.45. The fourth-order valence-electron chi connectivity index (χ4n) is 3.05. The number of benzene rings is 1. The maximum absolute atomic E-state index is 12.3. The van der Waals surface area contributed by atoms with E-state index in [1.807, 2.05) is 24.3 Å². The Morgan fingerprint density at radius 1 is 1.32 bits per heavy atom. The summed E-state index contributed by atoms with van der Waals surface area (Å²) in [5.41, 5.74) is 0.374. The summed E-state index contributed by atoms with van der Waals surface area (Å²) in [4.78, 5) is 12.3. The van der Waals surface area contributed by atoms with Crippen molar-refractivity contribution in [3.63, 3.8) is 0 Å². The number of rotatable bonds is 1. The Morgan fingerprint density at radius 2 is 2.11 bits per heavy atom. The van der Waals surface area contributed by atoms with E-state index in [1.54, 1.807) is 0 Å². The predicted molar refractivity (Wildman–Crippen MR) is 72.6 cm³/mol. The summed E-state index contributed by atoms with van der Waals surface area (Å²) >= 11 is 0. The van der Waals surface area contributed by atoms with Crippen LogP contribution in [0.5, 0.6) is 5.75 Å². The van der Waals surface area contributed by atoms with E-state index in [4.69, 9.17) is 9.47 Å². The van der Waals surface area contributed by atoms with Crippen LogP contribution in [0.4, 0.5) is 0 Å². The summed E-state index contributed by atoms with van der Waals surface area (Å²) < 4.78 is 12.0. The van der Waals surface area contributed by atoms with Gasteiger partial charge in [0.05, 0.1) is 24.7 Å². The molecule has 2 aliphatic rings. The van der Waals surface area contributed by atoms with Gasteiger partial charge in [-0.15, -0.1) is 0 Å². The van der Waals surface area contributed by atoms with E-state index >= 15 is 0 Å². The molecule has 1 saturated heterocycles. The second-order valence-electron chi connectivity index (χ2n) is 5.99. The third-order valence-corrected chi connectivity index (χ3v) is 4.20. The molecule has 0 radical (unpaired) electrons. The van der Waals surface area contributed by atoms with Crippen molar-refractivity contribution < 1.29 is 14.3 Å². The average Bonchev–Trinajstić information content (AvgIpc) is 2.38. The molecular formula is C16H20O3. The van der Waals surface area contributed by atoms with Crippen molar-refractivity contribution in [2.24, 2.45) is 5.92 Å². The highest BCUT2D eigenvalue weighted by atomic mass is 16.5. The molecule has 3 heteroatoms. The van der Waals surface area contributed by atoms with Gasteiger partial charge in [0, 0.05) is 12.8 Å². The Hall–Kier alpha value is -1.35. The topological polar surface area (TPSA) is 35.5 Å². The van der Waals surface area contributed by atoms with Crippen LogP contribution in [0.25, 0.3) is 0 Å². The third kappa shape index (κ3) is 2.27. The van der Waals surface area contributed by atoms with Crippen LogP contribution in [0, 0.1) is 5.92 Å². The molecule has 0 amide bonds. The van der Waals surface area contributed by atoms with Crippen molar-refractivity contribution in [1.82, 2.24) is 0 Å². The van der Waals surface area contributed by atoms with Gasteiger partial charge in [0.2, 0.25) is 0 Å². The maximum atomic E-state index is 12.3. The highest BCUT2D eigenvalue weighted by Crippen LogP contribution is 2.41. The molecule has 2 atom stereocenters. The summed E-state index contributed by atoms with van der Waals surface area (Å²) in [5.74, 6) is 1.39. The van der Waals surface area contributed by atoms with E-state index in [0.29, 0.717) is 18.9 Å². The molecule has 1 fully saturated rings. The normalized spacial score (nSPS) is 30.3. The van der Waals surface area contributed by atoms with Gasteiger partial charge in [0.15, 0.2) is 5.78 Å². The summed E-state index contributed by atoms with van der Waals surface area (Å²) in [7, 11) is 0. The van der Waals surface area contributed by atoms with Gasteiger partial charge in [0.25, 0.3) is 0 Å². The fraction of sp³-hybridized carbons (Fsp3) is 0.562. The molecule has 0 aliphatic carbocycles. The van der Waals surface area contributed by atoms with Gasteiger partial charge >= 0.3 is 0 Å². The van der Waals surface area contributed by atoms with Crippen molar-refractivity contribution in [2.45, 2.75) is 44.8 Å². The number of ketones is 1. The summed E-state index contributed by atoms with van der Waals surface area (Å²) in [6, 6.07) is 7.56. The molecule has 2 unspecified atom stereocenters. The van der Waals surface area contributed by atoms with Gasteiger partial charge in [0.1, 0.15) is 11.4 Å². The third-order valence-electron chi connectivity index (χ3n) is 4.20. The van der Waals surface area contributed by atoms with Gasteiger partial charge in [-0.1, -0.05) is 26.0 Å². The molecule has 3 rings (SSSR count). The molecule has 1 aromatic rings. The van der Waals surface area contributed by atoms with Crippen LogP contribution in [0.15, 0.2) is 24.3 Å². The van der Waals surface area contributed by atoms with Crippen molar-refractivity contribution in [3.05, 3.63) is 29.8 Å². The van der Waals surface area contributed by atoms with Crippen LogP contribution in [0.2, 0.25) is 0 Å². The number of fused-ring (bicyclic) bond motifs is 1. The van der Waals surface area contributed by atoms with Crippen molar-refractivity contribution in [1.29, 1.82) is 0 Å². The quantitative estimate of drug-likeness (QED) is 0.777. The zero-order valence-electron chi connectivity index (χ0n) is 11.5. The lowest BCUT2D eigenvalue weighted by Crippen LogP contribution is -2.50. The SMILES string of the molecule is CC(C)C1CC2(CCO1)CC(=O)c1ccccc1O2. The van der Waals surface area contributed by atoms with Gasteiger partial charge in [-0.2, -0.15) is 0 Å². The number of Topliss-reactive ketones (excluding diaryl/α,β-unsaturated/α-hetero) is 1. The molecule has 0 bridgehead atoms. The van der Waals surface area contributed by atoms with Crippen LogP contribution in [0.1, 0.15) is 43.5 Å². The fourth-order valence-corrected chi connectivity index (χ4v) is 3.05. The molecule has 2 heterocycles. The minimum absolute atomic E-state index is 0.187. The summed E-state index contributed by atoms with van der Waals surface area (Å²) in [6.07, 6.45) is 2.28. The molecule has 0 aromatic heterocycles. The molecule has 1 aromatic carbocycles. The molecule has 2 aliphatic heterocycles. The lowest BCUT2D eigenvalue weighted by atomic mass is 9.80. The van der Waals surface area contributed by atoms with E-state index in [9.17, 15) is 4.79 Å².